The second kappa shape index (κ2) is 7.25. The minimum atomic E-state index is -1.19. The Morgan fingerprint density at radius 3 is 2.46 bits per heavy atom. The zero-order valence-electron chi connectivity index (χ0n) is 13.2. The van der Waals surface area contributed by atoms with Gasteiger partial charge in [-0.1, -0.05) is 19.9 Å². The molecule has 1 atom stereocenters. The van der Waals surface area contributed by atoms with Crippen LogP contribution in [-0.2, 0) is 6.42 Å². The van der Waals surface area contributed by atoms with Crippen molar-refractivity contribution in [1.82, 2.24) is 5.32 Å². The molecule has 0 aliphatic rings. The van der Waals surface area contributed by atoms with Crippen LogP contribution < -0.4 is 5.32 Å². The summed E-state index contributed by atoms with van der Waals surface area (Å²) in [6, 6.07) is 3.57. The van der Waals surface area contributed by atoms with Crippen molar-refractivity contribution in [3.8, 4) is 0 Å². The monoisotopic (exact) mass is 337 g/mol. The van der Waals surface area contributed by atoms with Crippen LogP contribution in [0.5, 0.6) is 0 Å². The summed E-state index contributed by atoms with van der Waals surface area (Å²) in [5.41, 5.74) is 0.0663. The number of carboxylic acid groups (broad SMARTS) is 1. The number of furan rings is 1. The molecule has 24 heavy (non-hydrogen) atoms. The zero-order chi connectivity index (χ0) is 17.9. The number of carbonyl (C=O) groups excluding carboxylic acids is 1. The summed E-state index contributed by atoms with van der Waals surface area (Å²) in [4.78, 5) is 23.4. The number of carboxylic acids is 1. The van der Waals surface area contributed by atoms with E-state index in [0.717, 1.165) is 18.2 Å². The molecular weight excluding hydrogens is 320 g/mol. The molecule has 0 saturated heterocycles. The quantitative estimate of drug-likeness (QED) is 0.842. The van der Waals surface area contributed by atoms with E-state index in [0.29, 0.717) is 12.8 Å². The van der Waals surface area contributed by atoms with E-state index in [9.17, 15) is 18.4 Å². The molecular formula is C17H17F2NO4. The Morgan fingerprint density at radius 2 is 1.96 bits per heavy atom. The van der Waals surface area contributed by atoms with Gasteiger partial charge in [0.05, 0.1) is 6.04 Å². The van der Waals surface area contributed by atoms with Crippen molar-refractivity contribution >= 4 is 11.9 Å². The molecule has 0 saturated carbocycles. The Hall–Kier alpha value is -2.70. The highest BCUT2D eigenvalue weighted by Gasteiger charge is 2.23. The van der Waals surface area contributed by atoms with Crippen LogP contribution in [0.4, 0.5) is 8.78 Å². The Kier molecular flexibility index (Phi) is 5.33. The van der Waals surface area contributed by atoms with E-state index in [1.165, 1.54) is 6.07 Å². The van der Waals surface area contributed by atoms with Crippen LogP contribution in [-0.4, -0.2) is 17.0 Å². The highest BCUT2D eigenvalue weighted by molar-refractivity contribution is 5.96. The number of halogens is 2. The van der Waals surface area contributed by atoms with Crippen molar-refractivity contribution in [3.63, 3.8) is 0 Å². The first-order chi connectivity index (χ1) is 11.4. The molecule has 0 fully saturated rings. The Morgan fingerprint density at radius 1 is 1.25 bits per heavy atom. The van der Waals surface area contributed by atoms with Crippen LogP contribution >= 0.6 is 0 Å². The summed E-state index contributed by atoms with van der Waals surface area (Å²) >= 11 is 0. The lowest BCUT2D eigenvalue weighted by atomic mass is 10.0. The SMILES string of the molecule is CCc1oc(C(=O)NC(CC)c2ccc(F)cc2F)cc1C(=O)O. The van der Waals surface area contributed by atoms with E-state index in [1.807, 2.05) is 0 Å². The number of benzene rings is 1. The van der Waals surface area contributed by atoms with Gasteiger partial charge in [0.15, 0.2) is 5.76 Å². The van der Waals surface area contributed by atoms with E-state index < -0.39 is 29.6 Å². The molecule has 5 nitrogen and oxygen atoms in total. The topological polar surface area (TPSA) is 79.5 Å². The van der Waals surface area contributed by atoms with Crippen molar-refractivity contribution in [2.45, 2.75) is 32.7 Å². The molecule has 1 aromatic carbocycles. The van der Waals surface area contributed by atoms with Crippen molar-refractivity contribution in [1.29, 1.82) is 0 Å². The van der Waals surface area contributed by atoms with Gasteiger partial charge in [0.25, 0.3) is 5.91 Å². The molecule has 0 radical (unpaired) electrons. The van der Waals surface area contributed by atoms with Crippen LogP contribution in [0.15, 0.2) is 28.7 Å². The van der Waals surface area contributed by atoms with Crippen molar-refractivity contribution in [3.05, 3.63) is 58.5 Å². The number of aromatic carboxylic acids is 1. The van der Waals surface area contributed by atoms with E-state index in [4.69, 9.17) is 9.52 Å². The maximum atomic E-state index is 13.9. The summed E-state index contributed by atoms with van der Waals surface area (Å²) in [7, 11) is 0. The van der Waals surface area contributed by atoms with E-state index in [-0.39, 0.29) is 22.6 Å². The highest BCUT2D eigenvalue weighted by Crippen LogP contribution is 2.23. The first kappa shape index (κ1) is 17.7. The van der Waals surface area contributed by atoms with E-state index in [2.05, 4.69) is 5.32 Å². The average molecular weight is 337 g/mol. The number of rotatable bonds is 6. The summed E-state index contributed by atoms with van der Waals surface area (Å²) in [6.45, 7) is 3.44. The molecule has 0 spiro atoms. The lowest BCUT2D eigenvalue weighted by molar-refractivity contribution is 0.0694. The molecule has 0 aliphatic heterocycles. The molecule has 128 valence electrons. The smallest absolute Gasteiger partial charge is 0.339 e. The lowest BCUT2D eigenvalue weighted by Gasteiger charge is -2.17. The normalized spacial score (nSPS) is 12.0. The zero-order valence-corrected chi connectivity index (χ0v) is 13.2. The third-order valence-corrected chi connectivity index (χ3v) is 3.64. The molecule has 1 heterocycles. The van der Waals surface area contributed by atoms with Crippen molar-refractivity contribution in [2.24, 2.45) is 0 Å². The van der Waals surface area contributed by atoms with Gasteiger partial charge in [-0.2, -0.15) is 0 Å². The molecule has 2 N–H and O–H groups in total. The van der Waals surface area contributed by atoms with Gasteiger partial charge in [-0.05, 0) is 12.5 Å². The van der Waals surface area contributed by atoms with Gasteiger partial charge in [-0.15, -0.1) is 0 Å². The first-order valence-electron chi connectivity index (χ1n) is 7.49. The standard InChI is InChI=1S/C17H17F2NO4/c1-3-13(10-6-5-9(18)7-12(10)19)20-16(21)15-8-11(17(22)23)14(4-2)24-15/h5-8,13H,3-4H2,1-2H3,(H,20,21)(H,22,23). The van der Waals surface area contributed by atoms with Crippen LogP contribution in [0.3, 0.4) is 0 Å². The van der Waals surface area contributed by atoms with E-state index >= 15 is 0 Å². The molecule has 0 aliphatic carbocycles. The number of hydrogen-bond acceptors (Lipinski definition) is 3. The van der Waals surface area contributed by atoms with Gasteiger partial charge in [-0.25, -0.2) is 13.6 Å². The fraction of sp³-hybridized carbons (Fsp3) is 0.294. The third-order valence-electron chi connectivity index (χ3n) is 3.64. The third kappa shape index (κ3) is 3.61. The largest absolute Gasteiger partial charge is 0.478 e. The van der Waals surface area contributed by atoms with Gasteiger partial charge in [0.1, 0.15) is 23.0 Å². The second-order valence-corrected chi connectivity index (χ2v) is 5.21. The van der Waals surface area contributed by atoms with Gasteiger partial charge >= 0.3 is 5.97 Å². The lowest BCUT2D eigenvalue weighted by Crippen LogP contribution is -2.28. The van der Waals surface area contributed by atoms with Gasteiger partial charge in [0.2, 0.25) is 0 Å². The number of aryl methyl sites for hydroxylation is 1. The first-order valence-corrected chi connectivity index (χ1v) is 7.49. The fourth-order valence-electron chi connectivity index (χ4n) is 2.40. The molecule has 2 aromatic rings. The van der Waals surface area contributed by atoms with Gasteiger partial charge in [-0.3, -0.25) is 4.79 Å². The van der Waals surface area contributed by atoms with Crippen LogP contribution in [0, 0.1) is 11.6 Å². The van der Waals surface area contributed by atoms with Crippen LogP contribution in [0.1, 0.15) is 58.5 Å². The Bertz CT molecular complexity index is 770. The number of hydrogen-bond donors (Lipinski definition) is 2. The maximum absolute atomic E-state index is 13.9. The molecule has 2 rings (SSSR count). The molecule has 7 heteroatoms. The van der Waals surface area contributed by atoms with E-state index in [1.54, 1.807) is 13.8 Å². The minimum absolute atomic E-state index is 0.0799. The fourth-order valence-corrected chi connectivity index (χ4v) is 2.40. The number of nitrogens with one attached hydrogen (secondary N) is 1. The Balaban J connectivity index is 2.25. The molecule has 1 aromatic heterocycles. The summed E-state index contributed by atoms with van der Waals surface area (Å²) in [6.07, 6.45) is 0.681. The number of carbonyl (C=O) groups is 2. The van der Waals surface area contributed by atoms with Gasteiger partial charge < -0.3 is 14.8 Å². The molecule has 0 bridgehead atoms. The maximum Gasteiger partial charge on any atom is 0.339 e. The Labute approximate surface area is 137 Å². The summed E-state index contributed by atoms with van der Waals surface area (Å²) in [5, 5.41) is 11.7. The molecule has 1 unspecified atom stereocenters. The summed E-state index contributed by atoms with van der Waals surface area (Å²) in [5.74, 6) is -3.29. The highest BCUT2D eigenvalue weighted by atomic mass is 19.1. The van der Waals surface area contributed by atoms with Crippen molar-refractivity contribution in [2.75, 3.05) is 0 Å². The van der Waals surface area contributed by atoms with Gasteiger partial charge in [0, 0.05) is 24.1 Å². The second-order valence-electron chi connectivity index (χ2n) is 5.21. The predicted molar refractivity (Wildman–Crippen MR) is 81.9 cm³/mol. The average Bonchev–Trinajstić information content (AvgIpc) is 2.97. The predicted octanol–water partition coefficient (Wildman–Crippen LogP) is 3.70. The minimum Gasteiger partial charge on any atom is -0.478 e. The van der Waals surface area contributed by atoms with Crippen molar-refractivity contribution < 1.29 is 27.9 Å². The molecule has 1 amide bonds. The number of amides is 1. The van der Waals surface area contributed by atoms with Crippen LogP contribution in [0.2, 0.25) is 0 Å². The summed E-state index contributed by atoms with van der Waals surface area (Å²) < 4.78 is 32.2. The van der Waals surface area contributed by atoms with Crippen LogP contribution in [0.25, 0.3) is 0 Å².